The van der Waals surface area contributed by atoms with Gasteiger partial charge < -0.3 is 24.2 Å². The van der Waals surface area contributed by atoms with Crippen molar-refractivity contribution in [3.63, 3.8) is 0 Å². The first-order valence-corrected chi connectivity index (χ1v) is 14.8. The molecule has 1 heterocycles. The molecule has 1 N–H and O–H groups in total. The molecule has 222 valence electrons. The van der Waals surface area contributed by atoms with Crippen molar-refractivity contribution in [3.8, 4) is 17.2 Å². The molecule has 0 aliphatic carbocycles. The number of rotatable bonds is 15. The Balaban J connectivity index is 1.74. The van der Waals surface area contributed by atoms with Crippen LogP contribution < -0.4 is 14.2 Å². The highest BCUT2D eigenvalue weighted by molar-refractivity contribution is 6.46. The largest absolute Gasteiger partial charge is 0.507 e. The van der Waals surface area contributed by atoms with E-state index < -0.39 is 17.7 Å². The summed E-state index contributed by atoms with van der Waals surface area (Å²) in [6.07, 6.45) is 5.56. The Hall–Kier alpha value is -4.26. The lowest BCUT2D eigenvalue weighted by molar-refractivity contribution is -0.139. The van der Waals surface area contributed by atoms with Gasteiger partial charge in [-0.05, 0) is 54.7 Å². The first-order valence-electron chi connectivity index (χ1n) is 14.8. The zero-order valence-electron chi connectivity index (χ0n) is 24.8. The van der Waals surface area contributed by atoms with Gasteiger partial charge in [0.25, 0.3) is 11.7 Å². The summed E-state index contributed by atoms with van der Waals surface area (Å²) < 4.78 is 17.5. The van der Waals surface area contributed by atoms with E-state index in [-0.39, 0.29) is 11.3 Å². The Morgan fingerprint density at radius 3 is 2.33 bits per heavy atom. The molecule has 1 unspecified atom stereocenters. The Bertz CT molecular complexity index is 1380. The molecule has 1 amide bonds. The second kappa shape index (κ2) is 15.1. The molecular formula is C35H41NO6. The van der Waals surface area contributed by atoms with Crippen molar-refractivity contribution in [3.05, 3.63) is 95.1 Å². The quantitative estimate of drug-likeness (QED) is 0.0906. The number of likely N-dealkylation sites (tertiary alicyclic amines) is 1. The summed E-state index contributed by atoms with van der Waals surface area (Å²) in [6.45, 7) is 5.64. The minimum Gasteiger partial charge on any atom is -0.507 e. The van der Waals surface area contributed by atoms with E-state index in [1.165, 1.54) is 0 Å². The number of hydrogen-bond acceptors (Lipinski definition) is 6. The molecule has 0 radical (unpaired) electrons. The van der Waals surface area contributed by atoms with Crippen molar-refractivity contribution >= 4 is 17.4 Å². The average molecular weight is 572 g/mol. The van der Waals surface area contributed by atoms with E-state index in [0.717, 1.165) is 37.7 Å². The number of ketones is 1. The minimum absolute atomic E-state index is 0.0393. The predicted molar refractivity (Wildman–Crippen MR) is 164 cm³/mol. The summed E-state index contributed by atoms with van der Waals surface area (Å²) in [5.41, 5.74) is 2.15. The van der Waals surface area contributed by atoms with E-state index in [2.05, 4.69) is 13.8 Å². The highest BCUT2D eigenvalue weighted by atomic mass is 16.5. The Labute approximate surface area is 248 Å². The summed E-state index contributed by atoms with van der Waals surface area (Å²) in [7, 11) is 1.56. The SMILES string of the molecule is CCCCCOc1ccc(C2/C(=C(\O)c3cccc(OCCCC)c3)C(=O)C(=O)N2CCc2ccccc2)cc1OC. The van der Waals surface area contributed by atoms with Crippen molar-refractivity contribution in [1.82, 2.24) is 4.90 Å². The number of nitrogens with zero attached hydrogens (tertiary/aromatic N) is 1. The molecule has 1 fully saturated rings. The first-order chi connectivity index (χ1) is 20.5. The van der Waals surface area contributed by atoms with Crippen LogP contribution in [0.15, 0.2) is 78.4 Å². The van der Waals surface area contributed by atoms with Gasteiger partial charge in [0.05, 0.1) is 31.9 Å². The molecule has 3 aromatic rings. The van der Waals surface area contributed by atoms with Crippen LogP contribution in [0, 0.1) is 0 Å². The fraction of sp³-hybridized carbons (Fsp3) is 0.371. The number of ether oxygens (including phenoxy) is 3. The Morgan fingerprint density at radius 2 is 1.60 bits per heavy atom. The normalized spacial score (nSPS) is 16.1. The third-order valence-corrected chi connectivity index (χ3v) is 7.41. The average Bonchev–Trinajstić information content (AvgIpc) is 3.27. The molecule has 0 bridgehead atoms. The van der Waals surface area contributed by atoms with Crippen LogP contribution in [0.4, 0.5) is 0 Å². The van der Waals surface area contributed by atoms with Crippen molar-refractivity contribution in [2.45, 2.75) is 58.4 Å². The number of Topliss-reactive ketones (excluding diaryl/α,β-unsaturated/α-hetero) is 1. The van der Waals surface area contributed by atoms with Crippen LogP contribution in [-0.2, 0) is 16.0 Å². The second-order valence-corrected chi connectivity index (χ2v) is 10.4. The van der Waals surface area contributed by atoms with E-state index in [4.69, 9.17) is 14.2 Å². The number of aliphatic hydroxyl groups excluding tert-OH is 1. The van der Waals surface area contributed by atoms with Crippen LogP contribution in [0.3, 0.4) is 0 Å². The summed E-state index contributed by atoms with van der Waals surface area (Å²) >= 11 is 0. The minimum atomic E-state index is -0.804. The molecule has 1 aliphatic rings. The number of benzene rings is 3. The van der Waals surface area contributed by atoms with Crippen molar-refractivity contribution in [2.24, 2.45) is 0 Å². The fourth-order valence-electron chi connectivity index (χ4n) is 5.08. The lowest BCUT2D eigenvalue weighted by Gasteiger charge is -2.26. The number of carbonyl (C=O) groups is 2. The van der Waals surface area contributed by atoms with E-state index in [0.29, 0.717) is 54.6 Å². The van der Waals surface area contributed by atoms with Crippen molar-refractivity contribution in [2.75, 3.05) is 26.9 Å². The predicted octanol–water partition coefficient (Wildman–Crippen LogP) is 7.11. The molecule has 0 aromatic heterocycles. The summed E-state index contributed by atoms with van der Waals surface area (Å²) in [5.74, 6) is 0.0851. The van der Waals surface area contributed by atoms with Gasteiger partial charge >= 0.3 is 0 Å². The zero-order chi connectivity index (χ0) is 29.9. The lowest BCUT2D eigenvalue weighted by atomic mass is 9.94. The van der Waals surface area contributed by atoms with Gasteiger partial charge in [-0.15, -0.1) is 0 Å². The zero-order valence-corrected chi connectivity index (χ0v) is 24.8. The van der Waals surface area contributed by atoms with Gasteiger partial charge in [-0.2, -0.15) is 0 Å². The van der Waals surface area contributed by atoms with Gasteiger partial charge in [0.2, 0.25) is 0 Å². The van der Waals surface area contributed by atoms with Crippen LogP contribution in [0.25, 0.3) is 5.76 Å². The number of unbranched alkanes of at least 4 members (excludes halogenated alkanes) is 3. The van der Waals surface area contributed by atoms with Crippen molar-refractivity contribution in [1.29, 1.82) is 0 Å². The third kappa shape index (κ3) is 7.32. The maximum atomic E-state index is 13.5. The van der Waals surface area contributed by atoms with Gasteiger partial charge in [0.15, 0.2) is 11.5 Å². The highest BCUT2D eigenvalue weighted by Gasteiger charge is 2.46. The van der Waals surface area contributed by atoms with E-state index in [1.807, 2.05) is 42.5 Å². The molecule has 0 saturated carbocycles. The van der Waals surface area contributed by atoms with E-state index in [1.54, 1.807) is 42.3 Å². The smallest absolute Gasteiger partial charge is 0.295 e. The van der Waals surface area contributed by atoms with Gasteiger partial charge in [0, 0.05) is 12.1 Å². The summed E-state index contributed by atoms with van der Waals surface area (Å²) in [4.78, 5) is 28.6. The standard InChI is InChI=1S/C35H41NO6/c1-4-6-11-22-42-29-18-17-26(24-30(29)40-3)32-31(33(37)27-15-12-16-28(23-27)41-21-7-5-2)34(38)35(39)36(32)20-19-25-13-9-8-10-14-25/h8-10,12-18,23-24,32,37H,4-7,11,19-22H2,1-3H3/b33-31+. The number of hydrogen-bond donors (Lipinski definition) is 1. The Kier molecular flexibility index (Phi) is 11.0. The monoisotopic (exact) mass is 571 g/mol. The molecule has 0 spiro atoms. The van der Waals surface area contributed by atoms with Crippen molar-refractivity contribution < 1.29 is 28.9 Å². The van der Waals surface area contributed by atoms with Crippen LogP contribution in [0.2, 0.25) is 0 Å². The molecule has 42 heavy (non-hydrogen) atoms. The van der Waals surface area contributed by atoms with E-state index >= 15 is 0 Å². The molecule has 7 nitrogen and oxygen atoms in total. The highest BCUT2D eigenvalue weighted by Crippen LogP contribution is 2.42. The molecule has 7 heteroatoms. The van der Waals surface area contributed by atoms with Gasteiger partial charge in [-0.25, -0.2) is 0 Å². The molecule has 1 saturated heterocycles. The number of amides is 1. The fourth-order valence-corrected chi connectivity index (χ4v) is 5.08. The van der Waals surface area contributed by atoms with Gasteiger partial charge in [-0.3, -0.25) is 9.59 Å². The van der Waals surface area contributed by atoms with Gasteiger partial charge in [-0.1, -0.05) is 81.6 Å². The number of methoxy groups -OCH3 is 1. The van der Waals surface area contributed by atoms with Gasteiger partial charge in [0.1, 0.15) is 11.5 Å². The first kappa shape index (κ1) is 30.7. The van der Waals surface area contributed by atoms with Crippen LogP contribution in [0.5, 0.6) is 17.2 Å². The maximum Gasteiger partial charge on any atom is 0.295 e. The summed E-state index contributed by atoms with van der Waals surface area (Å²) in [6, 6.07) is 21.4. The molecule has 1 atom stereocenters. The number of carbonyl (C=O) groups excluding carboxylic acids is 2. The van der Waals surface area contributed by atoms with Crippen LogP contribution in [-0.4, -0.2) is 48.6 Å². The Morgan fingerprint density at radius 1 is 0.833 bits per heavy atom. The lowest BCUT2D eigenvalue weighted by Crippen LogP contribution is -2.31. The second-order valence-electron chi connectivity index (χ2n) is 10.4. The summed E-state index contributed by atoms with van der Waals surface area (Å²) in [5, 5.41) is 11.6. The molecular weight excluding hydrogens is 530 g/mol. The number of aliphatic hydroxyl groups is 1. The molecule has 1 aliphatic heterocycles. The maximum absolute atomic E-state index is 13.5. The van der Waals surface area contributed by atoms with Crippen LogP contribution in [0.1, 0.15) is 68.7 Å². The third-order valence-electron chi connectivity index (χ3n) is 7.41. The molecule has 3 aromatic carbocycles. The topological polar surface area (TPSA) is 85.3 Å². The van der Waals surface area contributed by atoms with Crippen LogP contribution >= 0.6 is 0 Å². The van der Waals surface area contributed by atoms with E-state index in [9.17, 15) is 14.7 Å². The molecule has 4 rings (SSSR count).